The molecule has 0 unspecified atom stereocenters. The molecule has 0 atom stereocenters. The first-order valence-electron chi connectivity index (χ1n) is 7.09. The summed E-state index contributed by atoms with van der Waals surface area (Å²) in [4.78, 5) is 45.3. The zero-order valence-electron chi connectivity index (χ0n) is 13.3. The lowest BCUT2D eigenvalue weighted by Gasteiger charge is -2.06. The van der Waals surface area contributed by atoms with Gasteiger partial charge in [0.05, 0.1) is 6.61 Å². The molecule has 0 heterocycles. The van der Waals surface area contributed by atoms with Crippen LogP contribution in [-0.2, 0) is 23.9 Å². The van der Waals surface area contributed by atoms with Crippen LogP contribution in [0.4, 0.5) is 5.69 Å². The van der Waals surface area contributed by atoms with Crippen LogP contribution >= 0.6 is 0 Å². The number of hydrogen-bond acceptors (Lipinski definition) is 6. The van der Waals surface area contributed by atoms with E-state index >= 15 is 0 Å². The molecule has 1 aromatic rings. The number of benzene rings is 1. The van der Waals surface area contributed by atoms with E-state index in [9.17, 15) is 19.2 Å². The second kappa shape index (κ2) is 9.78. The maximum Gasteiger partial charge on any atom is 0.331 e. The van der Waals surface area contributed by atoms with Crippen molar-refractivity contribution < 1.29 is 28.7 Å². The maximum atomic E-state index is 11.6. The number of carbonyl (C=O) groups excluding carboxylic acids is 4. The average molecular weight is 334 g/mol. The van der Waals surface area contributed by atoms with Gasteiger partial charge in [0, 0.05) is 30.5 Å². The topological polar surface area (TPSA) is 111 Å². The average Bonchev–Trinajstić information content (AvgIpc) is 2.58. The fraction of sp³-hybridized carbons (Fsp3) is 0.250. The van der Waals surface area contributed by atoms with Crippen LogP contribution in [0.15, 0.2) is 36.4 Å². The van der Waals surface area contributed by atoms with E-state index in [2.05, 4.69) is 20.1 Å². The highest BCUT2D eigenvalue weighted by Gasteiger charge is 2.07. The Morgan fingerprint density at radius 1 is 1.00 bits per heavy atom. The van der Waals surface area contributed by atoms with Crippen LogP contribution in [0, 0.1) is 0 Å². The van der Waals surface area contributed by atoms with Crippen molar-refractivity contribution in [3.8, 4) is 0 Å². The largest absolute Gasteiger partial charge is 0.463 e. The number of esters is 2. The molecular weight excluding hydrogens is 316 g/mol. The summed E-state index contributed by atoms with van der Waals surface area (Å²) in [6.45, 7) is 1.32. The first kappa shape index (κ1) is 18.9. The quantitative estimate of drug-likeness (QED) is 0.559. The van der Waals surface area contributed by atoms with Gasteiger partial charge in [-0.05, 0) is 31.2 Å². The van der Waals surface area contributed by atoms with E-state index in [-0.39, 0.29) is 12.5 Å². The number of amides is 2. The molecule has 0 aliphatic carbocycles. The van der Waals surface area contributed by atoms with Gasteiger partial charge in [0.25, 0.3) is 11.8 Å². The normalized spacial score (nSPS) is 10.1. The van der Waals surface area contributed by atoms with Crippen molar-refractivity contribution in [1.82, 2.24) is 5.32 Å². The Bertz CT molecular complexity index is 636. The third kappa shape index (κ3) is 6.73. The second-order valence-electron chi connectivity index (χ2n) is 4.40. The Labute approximate surface area is 138 Å². The standard InChI is InChI=1S/C16H18N2O6/c1-3-23-14(20)8-9-15(21)24-10-13(19)18-12-6-4-11(5-7-12)16(22)17-2/h4-9H,3,10H2,1-2H3,(H,17,22)(H,18,19)/b9-8+. The van der Waals surface area contributed by atoms with Crippen molar-refractivity contribution in [2.24, 2.45) is 0 Å². The van der Waals surface area contributed by atoms with Gasteiger partial charge in [-0.25, -0.2) is 9.59 Å². The molecule has 0 saturated carbocycles. The summed E-state index contributed by atoms with van der Waals surface area (Å²) in [5.41, 5.74) is 0.900. The van der Waals surface area contributed by atoms with Crippen LogP contribution in [0.25, 0.3) is 0 Å². The molecule has 2 amide bonds. The van der Waals surface area contributed by atoms with E-state index in [4.69, 9.17) is 0 Å². The third-order valence-electron chi connectivity index (χ3n) is 2.65. The molecule has 0 aromatic heterocycles. The van der Waals surface area contributed by atoms with Crippen molar-refractivity contribution in [2.75, 3.05) is 25.6 Å². The van der Waals surface area contributed by atoms with Crippen LogP contribution in [0.5, 0.6) is 0 Å². The van der Waals surface area contributed by atoms with E-state index < -0.39 is 24.5 Å². The molecule has 0 fully saturated rings. The molecule has 0 bridgehead atoms. The molecule has 0 radical (unpaired) electrons. The SMILES string of the molecule is CCOC(=O)/C=C/C(=O)OCC(=O)Nc1ccc(C(=O)NC)cc1. The summed E-state index contributed by atoms with van der Waals surface area (Å²) in [5.74, 6) is -2.31. The van der Waals surface area contributed by atoms with Gasteiger partial charge < -0.3 is 20.1 Å². The fourth-order valence-corrected chi connectivity index (χ4v) is 1.56. The molecule has 0 aliphatic heterocycles. The number of nitrogens with one attached hydrogen (secondary N) is 2. The Kier molecular flexibility index (Phi) is 7.69. The third-order valence-corrected chi connectivity index (χ3v) is 2.65. The van der Waals surface area contributed by atoms with E-state index in [0.29, 0.717) is 11.3 Å². The number of hydrogen-bond donors (Lipinski definition) is 2. The molecular formula is C16H18N2O6. The summed E-state index contributed by atoms with van der Waals surface area (Å²) < 4.78 is 9.26. The molecule has 0 spiro atoms. The monoisotopic (exact) mass is 334 g/mol. The lowest BCUT2D eigenvalue weighted by molar-refractivity contribution is -0.143. The highest BCUT2D eigenvalue weighted by Crippen LogP contribution is 2.09. The lowest BCUT2D eigenvalue weighted by Crippen LogP contribution is -2.20. The minimum absolute atomic E-state index is 0.194. The number of rotatable bonds is 7. The van der Waals surface area contributed by atoms with Crippen molar-refractivity contribution in [1.29, 1.82) is 0 Å². The minimum Gasteiger partial charge on any atom is -0.463 e. The van der Waals surface area contributed by atoms with E-state index in [1.165, 1.54) is 7.05 Å². The van der Waals surface area contributed by atoms with E-state index in [1.807, 2.05) is 0 Å². The predicted octanol–water partition coefficient (Wildman–Crippen LogP) is 0.647. The molecule has 1 rings (SSSR count). The molecule has 0 aliphatic rings. The second-order valence-corrected chi connectivity index (χ2v) is 4.40. The summed E-state index contributed by atoms with van der Waals surface area (Å²) >= 11 is 0. The Balaban J connectivity index is 2.42. The Morgan fingerprint density at radius 2 is 1.58 bits per heavy atom. The van der Waals surface area contributed by atoms with Gasteiger partial charge in [-0.2, -0.15) is 0 Å². The zero-order valence-corrected chi connectivity index (χ0v) is 13.3. The van der Waals surface area contributed by atoms with Crippen molar-refractivity contribution in [2.45, 2.75) is 6.92 Å². The smallest absolute Gasteiger partial charge is 0.331 e. The van der Waals surface area contributed by atoms with Gasteiger partial charge in [0.2, 0.25) is 0 Å². The molecule has 24 heavy (non-hydrogen) atoms. The molecule has 2 N–H and O–H groups in total. The number of carbonyl (C=O) groups is 4. The molecule has 8 heteroatoms. The van der Waals surface area contributed by atoms with Gasteiger partial charge in [-0.15, -0.1) is 0 Å². The van der Waals surface area contributed by atoms with E-state index in [0.717, 1.165) is 12.2 Å². The van der Waals surface area contributed by atoms with Crippen LogP contribution in [0.3, 0.4) is 0 Å². The predicted molar refractivity (Wildman–Crippen MR) is 85.2 cm³/mol. The summed E-state index contributed by atoms with van der Waals surface area (Å²) in [6.07, 6.45) is 1.80. The Hall–Kier alpha value is -3.16. The molecule has 8 nitrogen and oxygen atoms in total. The van der Waals surface area contributed by atoms with Gasteiger partial charge in [-0.1, -0.05) is 0 Å². The van der Waals surface area contributed by atoms with Gasteiger partial charge in [0.1, 0.15) is 0 Å². The van der Waals surface area contributed by atoms with Crippen LogP contribution < -0.4 is 10.6 Å². The number of ether oxygens (including phenoxy) is 2. The highest BCUT2D eigenvalue weighted by molar-refractivity contribution is 5.97. The van der Waals surface area contributed by atoms with Crippen LogP contribution in [-0.4, -0.2) is 44.0 Å². The van der Waals surface area contributed by atoms with Gasteiger partial charge in [0.15, 0.2) is 6.61 Å². The summed E-state index contributed by atoms with van der Waals surface area (Å²) in [7, 11) is 1.52. The molecule has 128 valence electrons. The van der Waals surface area contributed by atoms with Crippen LogP contribution in [0.1, 0.15) is 17.3 Å². The first-order valence-corrected chi connectivity index (χ1v) is 7.09. The maximum absolute atomic E-state index is 11.6. The van der Waals surface area contributed by atoms with Crippen molar-refractivity contribution in [3.05, 3.63) is 42.0 Å². The highest BCUT2D eigenvalue weighted by atomic mass is 16.5. The first-order chi connectivity index (χ1) is 11.5. The summed E-state index contributed by atoms with van der Waals surface area (Å²) in [5, 5.41) is 4.98. The van der Waals surface area contributed by atoms with Crippen LogP contribution in [0.2, 0.25) is 0 Å². The minimum atomic E-state index is -0.840. The van der Waals surface area contributed by atoms with Crippen molar-refractivity contribution in [3.63, 3.8) is 0 Å². The molecule has 1 aromatic carbocycles. The molecule has 0 saturated heterocycles. The van der Waals surface area contributed by atoms with E-state index in [1.54, 1.807) is 31.2 Å². The van der Waals surface area contributed by atoms with Crippen molar-refractivity contribution >= 4 is 29.4 Å². The van der Waals surface area contributed by atoms with Gasteiger partial charge >= 0.3 is 11.9 Å². The Morgan fingerprint density at radius 3 is 2.12 bits per heavy atom. The van der Waals surface area contributed by atoms with Gasteiger partial charge in [-0.3, -0.25) is 9.59 Å². The lowest BCUT2D eigenvalue weighted by atomic mass is 10.2. The fourth-order valence-electron chi connectivity index (χ4n) is 1.56. The zero-order chi connectivity index (χ0) is 17.9. The number of anilines is 1. The summed E-state index contributed by atoms with van der Waals surface area (Å²) in [6, 6.07) is 6.18.